The number of hydrogen-bond acceptors (Lipinski definition) is 6. The Bertz CT molecular complexity index is 148. The first kappa shape index (κ1) is 30.6. The molecule has 110 valence electrons. The van der Waals surface area contributed by atoms with E-state index in [9.17, 15) is 9.59 Å². The summed E-state index contributed by atoms with van der Waals surface area (Å²) in [5.74, 6) is -0.644. The molecule has 3 N–H and O–H groups in total. The number of esters is 1. The van der Waals surface area contributed by atoms with Gasteiger partial charge in [0.2, 0.25) is 0 Å². The molecule has 0 bridgehead atoms. The number of ketones is 1. The third-order valence-electron chi connectivity index (χ3n) is 0.621. The minimum atomic E-state index is -0.475. The number of ether oxygens (including phenoxy) is 1. The fourth-order valence-corrected chi connectivity index (χ4v) is 0.275. The molecule has 18 heavy (non-hydrogen) atoms. The first-order chi connectivity index (χ1) is 7.91. The van der Waals surface area contributed by atoms with Crippen LogP contribution in [0.15, 0.2) is 0 Å². The number of aliphatic hydroxyl groups excluding tert-OH is 3. The molecule has 0 atom stereocenters. The zero-order valence-corrected chi connectivity index (χ0v) is 13.5. The molecule has 0 aromatic rings. The maximum Gasteiger partial charge on any atom is 0.313 e. The van der Waals surface area contributed by atoms with Crippen molar-refractivity contribution in [1.82, 2.24) is 0 Å². The normalized spacial score (nSPS) is 6.67. The molecule has 7 heteroatoms. The van der Waals surface area contributed by atoms with Gasteiger partial charge in [-0.15, -0.1) is 0 Å². The summed E-state index contributed by atoms with van der Waals surface area (Å²) in [6.45, 7) is 7.14. The topological polar surface area (TPSA) is 104 Å². The Labute approximate surface area is 124 Å². The fourth-order valence-electron chi connectivity index (χ4n) is 0.275. The predicted octanol–water partition coefficient (Wildman–Crippen LogP) is 0.132. The van der Waals surface area contributed by atoms with Crippen molar-refractivity contribution in [2.45, 2.75) is 34.1 Å². The molecule has 0 aliphatic rings. The van der Waals surface area contributed by atoms with Crippen molar-refractivity contribution in [3.8, 4) is 0 Å². The van der Waals surface area contributed by atoms with Gasteiger partial charge in [-0.2, -0.15) is 0 Å². The van der Waals surface area contributed by atoms with E-state index in [-0.39, 0.29) is 53.7 Å². The van der Waals surface area contributed by atoms with E-state index < -0.39 is 5.97 Å². The molecule has 0 aromatic heterocycles. The molecule has 0 spiro atoms. The van der Waals surface area contributed by atoms with E-state index in [1.807, 2.05) is 0 Å². The van der Waals surface area contributed by atoms with Crippen LogP contribution in [-0.2, 0) is 36.0 Å². The summed E-state index contributed by atoms with van der Waals surface area (Å²) in [5.41, 5.74) is 0. The zero-order valence-electron chi connectivity index (χ0n) is 11.9. The molecule has 0 unspecified atom stereocenters. The third-order valence-corrected chi connectivity index (χ3v) is 0.621. The summed E-state index contributed by atoms with van der Waals surface area (Å²) in [4.78, 5) is 20.3. The van der Waals surface area contributed by atoms with Crippen LogP contribution in [0.1, 0.15) is 34.1 Å². The molecular formula is C11H26O6Ti. The molecule has 0 radical (unpaired) electrons. The maximum absolute atomic E-state index is 10.2. The number of hydrogen-bond donors (Lipinski definition) is 3. The monoisotopic (exact) mass is 302 g/mol. The van der Waals surface area contributed by atoms with Gasteiger partial charge in [-0.1, -0.05) is 0 Å². The van der Waals surface area contributed by atoms with Crippen LogP contribution in [0.25, 0.3) is 0 Å². The van der Waals surface area contributed by atoms with Crippen LogP contribution in [0.5, 0.6) is 0 Å². The maximum atomic E-state index is 10.2. The molecule has 0 aliphatic carbocycles. The van der Waals surface area contributed by atoms with Crippen LogP contribution >= 0.6 is 0 Å². The van der Waals surface area contributed by atoms with Gasteiger partial charge in [0.15, 0.2) is 0 Å². The van der Waals surface area contributed by atoms with Crippen molar-refractivity contribution in [1.29, 1.82) is 0 Å². The van der Waals surface area contributed by atoms with Gasteiger partial charge in [-0.25, -0.2) is 0 Å². The molecule has 0 heterocycles. The number of aliphatic hydroxyl groups is 3. The van der Waals surface area contributed by atoms with Crippen LogP contribution in [0.3, 0.4) is 0 Å². The molecule has 0 amide bonds. The summed E-state index contributed by atoms with van der Waals surface area (Å²) in [7, 11) is 1.26. The van der Waals surface area contributed by atoms with E-state index in [1.54, 1.807) is 20.8 Å². The van der Waals surface area contributed by atoms with Crippen molar-refractivity contribution in [2.75, 3.05) is 26.9 Å². The van der Waals surface area contributed by atoms with Gasteiger partial charge in [0, 0.05) is 41.5 Å². The van der Waals surface area contributed by atoms with Crippen molar-refractivity contribution in [3.63, 3.8) is 0 Å². The predicted molar refractivity (Wildman–Crippen MR) is 65.6 cm³/mol. The number of carbonyl (C=O) groups is 2. The molecule has 0 fully saturated rings. The summed E-state index contributed by atoms with van der Waals surface area (Å²) >= 11 is 0. The standard InChI is InChI=1S/C5H8O3.3C2H6O.Ti/c1-4(6)3-5(7)8-2;3*1-2-3;/h3H2,1-2H3;3*3H,2H2,1H3;. The van der Waals surface area contributed by atoms with E-state index in [0.717, 1.165) is 0 Å². The molecule has 0 aliphatic heterocycles. The summed E-state index contributed by atoms with van der Waals surface area (Å²) in [5, 5.41) is 22.7. The minimum Gasteiger partial charge on any atom is -0.469 e. The van der Waals surface area contributed by atoms with Gasteiger partial charge >= 0.3 is 5.97 Å². The largest absolute Gasteiger partial charge is 0.469 e. The Morgan fingerprint density at radius 2 is 1.17 bits per heavy atom. The minimum absolute atomic E-state index is 0. The summed E-state index contributed by atoms with van der Waals surface area (Å²) in [6.07, 6.45) is -0.115. The van der Waals surface area contributed by atoms with Gasteiger partial charge in [0.1, 0.15) is 12.2 Å². The van der Waals surface area contributed by atoms with Crippen LogP contribution in [0.4, 0.5) is 0 Å². The Balaban J connectivity index is -0.0000000477. The Hall–Kier alpha value is -0.266. The summed E-state index contributed by atoms with van der Waals surface area (Å²) in [6, 6.07) is 0. The van der Waals surface area contributed by atoms with E-state index >= 15 is 0 Å². The van der Waals surface area contributed by atoms with E-state index in [4.69, 9.17) is 15.3 Å². The second-order valence-electron chi connectivity index (χ2n) is 2.40. The number of Topliss-reactive ketones (excluding diaryl/α,β-unsaturated/α-hetero) is 1. The van der Waals surface area contributed by atoms with Crippen LogP contribution < -0.4 is 0 Å². The fraction of sp³-hybridized carbons (Fsp3) is 0.818. The molecule has 0 saturated carbocycles. The average molecular weight is 302 g/mol. The van der Waals surface area contributed by atoms with Crippen molar-refractivity contribution in [3.05, 3.63) is 0 Å². The van der Waals surface area contributed by atoms with Gasteiger partial charge in [-0.05, 0) is 27.7 Å². The quantitative estimate of drug-likeness (QED) is 0.380. The molecule has 0 saturated heterocycles. The van der Waals surface area contributed by atoms with Gasteiger partial charge in [0.25, 0.3) is 0 Å². The first-order valence-corrected chi connectivity index (χ1v) is 5.30. The smallest absolute Gasteiger partial charge is 0.313 e. The molecule has 6 nitrogen and oxygen atoms in total. The third kappa shape index (κ3) is 104. The number of methoxy groups -OCH3 is 1. The van der Waals surface area contributed by atoms with Gasteiger partial charge in [0.05, 0.1) is 7.11 Å². The zero-order chi connectivity index (χ0) is 14.7. The second kappa shape index (κ2) is 36.0. The van der Waals surface area contributed by atoms with Crippen molar-refractivity contribution >= 4 is 11.8 Å². The second-order valence-corrected chi connectivity index (χ2v) is 2.40. The van der Waals surface area contributed by atoms with Crippen LogP contribution in [-0.4, -0.2) is 54.0 Å². The van der Waals surface area contributed by atoms with E-state index in [2.05, 4.69) is 4.74 Å². The van der Waals surface area contributed by atoms with E-state index in [0.29, 0.717) is 0 Å². The summed E-state index contributed by atoms with van der Waals surface area (Å²) < 4.78 is 4.20. The Kier molecular flexibility index (Phi) is 61.2. The van der Waals surface area contributed by atoms with E-state index in [1.165, 1.54) is 14.0 Å². The average Bonchev–Trinajstić information content (AvgIpc) is 2.20. The number of rotatable bonds is 2. The SMILES string of the molecule is CCO.CCO.CCO.COC(=O)CC(C)=O.[Ti]. The molecule has 0 aromatic carbocycles. The van der Waals surface area contributed by atoms with Crippen LogP contribution in [0, 0.1) is 0 Å². The van der Waals surface area contributed by atoms with Crippen molar-refractivity contribution < 1.29 is 51.4 Å². The van der Waals surface area contributed by atoms with Gasteiger partial charge < -0.3 is 20.1 Å². The first-order valence-electron chi connectivity index (χ1n) is 5.30. The Morgan fingerprint density at radius 3 is 1.22 bits per heavy atom. The van der Waals surface area contributed by atoms with Crippen molar-refractivity contribution in [2.24, 2.45) is 0 Å². The van der Waals surface area contributed by atoms with Crippen LogP contribution in [0.2, 0.25) is 0 Å². The molecule has 0 rings (SSSR count). The Morgan fingerprint density at radius 1 is 0.944 bits per heavy atom. The number of carbonyl (C=O) groups excluding carboxylic acids is 2. The van der Waals surface area contributed by atoms with Gasteiger partial charge in [-0.3, -0.25) is 9.59 Å². The molecular weight excluding hydrogens is 276 g/mol.